The SMILES string of the molecule is CCOC(=O)n1cc2cncc-2[nH]1. The van der Waals surface area contributed by atoms with Crippen LogP contribution in [0.25, 0.3) is 11.3 Å². The molecule has 0 aromatic heterocycles. The van der Waals surface area contributed by atoms with Crippen molar-refractivity contribution in [1.82, 2.24) is 14.8 Å². The van der Waals surface area contributed by atoms with Crippen molar-refractivity contribution < 1.29 is 9.53 Å². The Kier molecular flexibility index (Phi) is 1.77. The van der Waals surface area contributed by atoms with Gasteiger partial charge < -0.3 is 4.74 Å². The van der Waals surface area contributed by atoms with Crippen LogP contribution in [0, 0.1) is 0 Å². The Morgan fingerprint density at radius 3 is 3.23 bits per heavy atom. The lowest BCUT2D eigenvalue weighted by molar-refractivity contribution is 0.150. The number of fused-ring (bicyclic) bond motifs is 1. The maximum atomic E-state index is 11.2. The molecule has 0 spiro atoms. The number of aromatic amines is 1. The average molecular weight is 179 g/mol. The highest BCUT2D eigenvalue weighted by atomic mass is 16.5. The molecule has 0 saturated heterocycles. The number of nitrogens with one attached hydrogen (secondary N) is 1. The molecule has 2 heterocycles. The molecule has 2 aliphatic heterocycles. The molecule has 0 bridgehead atoms. The number of aromatic nitrogens is 3. The minimum Gasteiger partial charge on any atom is -0.448 e. The Bertz CT molecular complexity index is 365. The van der Waals surface area contributed by atoms with Gasteiger partial charge >= 0.3 is 6.09 Å². The predicted octanol–water partition coefficient (Wildman–Crippen LogP) is 1.32. The third kappa shape index (κ3) is 1.28. The summed E-state index contributed by atoms with van der Waals surface area (Å²) in [5, 5.41) is 2.84. The van der Waals surface area contributed by atoms with Crippen LogP contribution in [0.5, 0.6) is 0 Å². The number of rotatable bonds is 1. The monoisotopic (exact) mass is 179 g/mol. The number of carbonyl (C=O) groups is 1. The minimum atomic E-state index is -0.404. The molecule has 2 aliphatic rings. The minimum absolute atomic E-state index is 0.368. The Hall–Kier alpha value is -1.78. The first-order valence-electron chi connectivity index (χ1n) is 3.99. The molecule has 0 saturated carbocycles. The Labute approximate surface area is 74.7 Å². The molecule has 13 heavy (non-hydrogen) atoms. The third-order valence-electron chi connectivity index (χ3n) is 1.70. The van der Waals surface area contributed by atoms with Crippen LogP contribution in [-0.2, 0) is 4.74 Å². The molecule has 68 valence electrons. The van der Waals surface area contributed by atoms with E-state index >= 15 is 0 Å². The number of ether oxygens (including phenoxy) is 1. The normalized spacial score (nSPS) is 10.5. The molecule has 5 nitrogen and oxygen atoms in total. The van der Waals surface area contributed by atoms with Crippen LogP contribution in [0.2, 0.25) is 0 Å². The van der Waals surface area contributed by atoms with E-state index in [4.69, 9.17) is 4.74 Å². The fraction of sp³-hybridized carbons (Fsp3) is 0.250. The molecule has 0 aromatic carbocycles. The topological polar surface area (TPSA) is 59.9 Å². The highest BCUT2D eigenvalue weighted by molar-refractivity contribution is 5.73. The Morgan fingerprint density at radius 1 is 1.69 bits per heavy atom. The van der Waals surface area contributed by atoms with Crippen molar-refractivity contribution in [1.29, 1.82) is 0 Å². The standard InChI is InChI=1S/C8H9N3O2/c1-2-13-8(12)11-5-6-3-9-4-7(6)10-11/h3-5,10H,2H2,1H3. The van der Waals surface area contributed by atoms with Gasteiger partial charge in [0.1, 0.15) is 0 Å². The van der Waals surface area contributed by atoms with E-state index in [1.54, 1.807) is 25.5 Å². The summed E-state index contributed by atoms with van der Waals surface area (Å²) >= 11 is 0. The zero-order chi connectivity index (χ0) is 9.26. The molecule has 0 radical (unpaired) electrons. The second-order valence-corrected chi connectivity index (χ2v) is 2.59. The lowest BCUT2D eigenvalue weighted by Crippen LogP contribution is -2.13. The third-order valence-corrected chi connectivity index (χ3v) is 1.70. The van der Waals surface area contributed by atoms with E-state index in [9.17, 15) is 4.79 Å². The second-order valence-electron chi connectivity index (χ2n) is 2.59. The first kappa shape index (κ1) is 7.85. The van der Waals surface area contributed by atoms with Crippen LogP contribution in [0.4, 0.5) is 4.79 Å². The summed E-state index contributed by atoms with van der Waals surface area (Å²) in [6.07, 6.45) is 4.59. The van der Waals surface area contributed by atoms with Crippen LogP contribution in [0.1, 0.15) is 6.92 Å². The van der Waals surface area contributed by atoms with E-state index in [1.807, 2.05) is 0 Å². The van der Waals surface area contributed by atoms with E-state index < -0.39 is 6.09 Å². The number of nitrogens with zero attached hydrogens (tertiary/aromatic N) is 2. The van der Waals surface area contributed by atoms with Crippen molar-refractivity contribution >= 4 is 6.09 Å². The molecule has 0 atom stereocenters. The van der Waals surface area contributed by atoms with E-state index in [0.29, 0.717) is 6.61 Å². The van der Waals surface area contributed by atoms with E-state index in [2.05, 4.69) is 10.1 Å². The Balaban J connectivity index is 2.30. The van der Waals surface area contributed by atoms with Crippen molar-refractivity contribution in [3.63, 3.8) is 0 Å². The molecule has 0 unspecified atom stereocenters. The summed E-state index contributed by atoms with van der Waals surface area (Å²) in [6, 6.07) is 0. The molecular weight excluding hydrogens is 170 g/mol. The number of H-pyrrole nitrogens is 1. The highest BCUT2D eigenvalue weighted by Gasteiger charge is 2.11. The van der Waals surface area contributed by atoms with E-state index in [1.165, 1.54) is 4.68 Å². The molecular formula is C8H9N3O2. The van der Waals surface area contributed by atoms with Gasteiger partial charge in [0.15, 0.2) is 0 Å². The van der Waals surface area contributed by atoms with Crippen LogP contribution < -0.4 is 0 Å². The summed E-state index contributed by atoms with van der Waals surface area (Å²) in [5.74, 6) is 0. The summed E-state index contributed by atoms with van der Waals surface area (Å²) < 4.78 is 6.10. The lowest BCUT2D eigenvalue weighted by atomic mass is 10.3. The van der Waals surface area contributed by atoms with Gasteiger partial charge in [-0.3, -0.25) is 10.1 Å². The van der Waals surface area contributed by atoms with Crippen LogP contribution >= 0.6 is 0 Å². The number of hydrogen-bond acceptors (Lipinski definition) is 3. The number of hydrogen-bond donors (Lipinski definition) is 1. The molecule has 0 aliphatic carbocycles. The van der Waals surface area contributed by atoms with Gasteiger partial charge in [0.2, 0.25) is 0 Å². The van der Waals surface area contributed by atoms with Gasteiger partial charge in [-0.2, -0.15) is 4.68 Å². The van der Waals surface area contributed by atoms with E-state index in [-0.39, 0.29) is 0 Å². The van der Waals surface area contributed by atoms with Crippen molar-refractivity contribution in [2.24, 2.45) is 0 Å². The molecule has 0 aromatic rings. The van der Waals surface area contributed by atoms with Gasteiger partial charge in [0, 0.05) is 18.0 Å². The van der Waals surface area contributed by atoms with Crippen molar-refractivity contribution in [2.45, 2.75) is 6.92 Å². The average Bonchev–Trinajstić information content (AvgIpc) is 2.61. The molecule has 0 amide bonds. The number of carbonyl (C=O) groups excluding carboxylic acids is 1. The molecule has 1 N–H and O–H groups in total. The smallest absolute Gasteiger partial charge is 0.432 e. The summed E-state index contributed by atoms with van der Waals surface area (Å²) in [7, 11) is 0. The van der Waals surface area contributed by atoms with Crippen LogP contribution in [0.3, 0.4) is 0 Å². The zero-order valence-corrected chi connectivity index (χ0v) is 7.15. The van der Waals surface area contributed by atoms with Gasteiger partial charge in [0.25, 0.3) is 0 Å². The van der Waals surface area contributed by atoms with Crippen molar-refractivity contribution in [2.75, 3.05) is 6.61 Å². The fourth-order valence-corrected chi connectivity index (χ4v) is 1.12. The maximum Gasteiger partial charge on any atom is 0.432 e. The van der Waals surface area contributed by atoms with Crippen molar-refractivity contribution in [3.8, 4) is 11.3 Å². The predicted molar refractivity (Wildman–Crippen MR) is 45.6 cm³/mol. The van der Waals surface area contributed by atoms with Gasteiger partial charge in [-0.05, 0) is 6.92 Å². The Morgan fingerprint density at radius 2 is 2.54 bits per heavy atom. The first-order valence-corrected chi connectivity index (χ1v) is 3.99. The summed E-state index contributed by atoms with van der Waals surface area (Å²) in [6.45, 7) is 2.13. The summed E-state index contributed by atoms with van der Waals surface area (Å²) in [4.78, 5) is 15.1. The van der Waals surface area contributed by atoms with Crippen LogP contribution in [0.15, 0.2) is 18.6 Å². The van der Waals surface area contributed by atoms with Gasteiger partial charge in [-0.15, -0.1) is 0 Å². The molecule has 0 fully saturated rings. The highest BCUT2D eigenvalue weighted by Crippen LogP contribution is 2.17. The molecule has 2 rings (SSSR count). The second kappa shape index (κ2) is 2.93. The van der Waals surface area contributed by atoms with Crippen LogP contribution in [-0.4, -0.2) is 27.5 Å². The van der Waals surface area contributed by atoms with Gasteiger partial charge in [-0.1, -0.05) is 0 Å². The molecule has 5 heteroatoms. The lowest BCUT2D eigenvalue weighted by Gasteiger charge is -1.99. The maximum absolute atomic E-state index is 11.2. The largest absolute Gasteiger partial charge is 0.448 e. The first-order chi connectivity index (χ1) is 6.31. The van der Waals surface area contributed by atoms with Gasteiger partial charge in [0.05, 0.1) is 18.5 Å². The fourth-order valence-electron chi connectivity index (χ4n) is 1.12. The zero-order valence-electron chi connectivity index (χ0n) is 7.15. The quantitative estimate of drug-likeness (QED) is 0.718. The van der Waals surface area contributed by atoms with Crippen molar-refractivity contribution in [3.05, 3.63) is 18.6 Å². The summed E-state index contributed by atoms with van der Waals surface area (Å²) in [5.41, 5.74) is 1.72. The van der Waals surface area contributed by atoms with Gasteiger partial charge in [-0.25, -0.2) is 4.79 Å². The van der Waals surface area contributed by atoms with E-state index in [0.717, 1.165) is 11.3 Å².